The van der Waals surface area contributed by atoms with E-state index in [1.54, 1.807) is 0 Å². The van der Waals surface area contributed by atoms with Crippen molar-refractivity contribution >= 4 is 29.9 Å². The predicted molar refractivity (Wildman–Crippen MR) is 133 cm³/mol. The molecule has 4 rings (SSSR count). The van der Waals surface area contributed by atoms with Crippen molar-refractivity contribution in [3.05, 3.63) is 23.8 Å². The summed E-state index contributed by atoms with van der Waals surface area (Å²) in [4.78, 5) is 4.40. The third-order valence-corrected chi connectivity index (χ3v) is 6.39. The van der Waals surface area contributed by atoms with Gasteiger partial charge in [0.2, 0.25) is 6.79 Å². The minimum absolute atomic E-state index is 0. The number of aliphatic imine (C=N–C) groups is 1. The van der Waals surface area contributed by atoms with Crippen LogP contribution in [-0.2, 0) is 19.6 Å². The van der Waals surface area contributed by atoms with Gasteiger partial charge in [0.25, 0.3) is 0 Å². The van der Waals surface area contributed by atoms with Gasteiger partial charge in [-0.15, -0.1) is 24.0 Å². The average molecular weight is 561 g/mol. The zero-order valence-corrected chi connectivity index (χ0v) is 21.2. The topological polar surface area (TPSA) is 82.6 Å². The lowest BCUT2D eigenvalue weighted by Crippen LogP contribution is -2.48. The molecule has 3 aliphatic heterocycles. The van der Waals surface area contributed by atoms with Gasteiger partial charge in [-0.05, 0) is 43.4 Å². The lowest BCUT2D eigenvalue weighted by molar-refractivity contribution is 0.0513. The second-order valence-electron chi connectivity index (χ2n) is 8.47. The fraction of sp³-hybridized carbons (Fsp3) is 0.696. The zero-order valence-electron chi connectivity index (χ0n) is 18.9. The van der Waals surface area contributed by atoms with E-state index in [9.17, 15) is 0 Å². The maximum Gasteiger partial charge on any atom is 0.231 e. The Labute approximate surface area is 207 Å². The summed E-state index contributed by atoms with van der Waals surface area (Å²) >= 11 is 0. The number of nitrogens with one attached hydrogen (secondary N) is 2. The number of hydrogen-bond donors (Lipinski definition) is 2. The summed E-state index contributed by atoms with van der Waals surface area (Å²) in [7, 11) is 1.81. The standard InChI is InChI=1S/C23H35N3O5.HI/c1-24-22(25-8-2-9-28-14-18-5-10-29-15-18)26-16-23(6-11-27-12-7-23)19-3-4-20-21(13-19)31-17-30-20;/h3-4,13,18H,2,5-12,14-17H2,1H3,(H2,24,25,26);1H. The lowest BCUT2D eigenvalue weighted by atomic mass is 9.74. The fourth-order valence-electron chi connectivity index (χ4n) is 4.38. The highest BCUT2D eigenvalue weighted by Crippen LogP contribution is 2.40. The fourth-order valence-corrected chi connectivity index (χ4v) is 4.38. The molecule has 8 nitrogen and oxygen atoms in total. The van der Waals surface area contributed by atoms with Gasteiger partial charge in [-0.25, -0.2) is 0 Å². The molecule has 0 spiro atoms. The van der Waals surface area contributed by atoms with Crippen LogP contribution >= 0.6 is 24.0 Å². The second kappa shape index (κ2) is 12.8. The maximum absolute atomic E-state index is 5.78. The molecule has 1 unspecified atom stereocenters. The summed E-state index contributed by atoms with van der Waals surface area (Å²) in [5, 5.41) is 6.94. The molecule has 9 heteroatoms. The Bertz CT molecular complexity index is 736. The van der Waals surface area contributed by atoms with Gasteiger partial charge in [0.15, 0.2) is 17.5 Å². The third-order valence-electron chi connectivity index (χ3n) is 6.39. The molecule has 1 aromatic carbocycles. The predicted octanol–water partition coefficient (Wildman–Crippen LogP) is 2.69. The average Bonchev–Trinajstić information content (AvgIpc) is 3.50. The van der Waals surface area contributed by atoms with Crippen LogP contribution < -0.4 is 20.1 Å². The Balaban J connectivity index is 0.00000289. The zero-order chi connectivity index (χ0) is 21.4. The van der Waals surface area contributed by atoms with E-state index in [0.29, 0.717) is 12.7 Å². The molecular weight excluding hydrogens is 525 g/mol. The number of fused-ring (bicyclic) bond motifs is 1. The highest BCUT2D eigenvalue weighted by molar-refractivity contribution is 14.0. The highest BCUT2D eigenvalue weighted by Gasteiger charge is 2.35. The van der Waals surface area contributed by atoms with Crippen LogP contribution in [0.5, 0.6) is 11.5 Å². The number of rotatable bonds is 9. The van der Waals surface area contributed by atoms with Crippen LogP contribution in [0.2, 0.25) is 0 Å². The quantitative estimate of drug-likeness (QED) is 0.208. The minimum atomic E-state index is -0.0245. The maximum atomic E-state index is 5.78. The number of guanidine groups is 1. The van der Waals surface area contributed by atoms with Crippen molar-refractivity contribution in [2.24, 2.45) is 10.9 Å². The Morgan fingerprint density at radius 3 is 2.75 bits per heavy atom. The van der Waals surface area contributed by atoms with Crippen molar-refractivity contribution in [2.75, 3.05) is 66.6 Å². The molecule has 3 heterocycles. The van der Waals surface area contributed by atoms with Crippen molar-refractivity contribution in [1.29, 1.82) is 0 Å². The van der Waals surface area contributed by atoms with Crippen LogP contribution in [0.3, 0.4) is 0 Å². The molecule has 180 valence electrons. The summed E-state index contributed by atoms with van der Waals surface area (Å²) in [6.07, 6.45) is 3.96. The largest absolute Gasteiger partial charge is 0.454 e. The van der Waals surface area contributed by atoms with Crippen molar-refractivity contribution < 1.29 is 23.7 Å². The molecule has 0 radical (unpaired) electrons. The van der Waals surface area contributed by atoms with Crippen molar-refractivity contribution in [3.63, 3.8) is 0 Å². The van der Waals surface area contributed by atoms with E-state index in [1.807, 2.05) is 13.1 Å². The lowest BCUT2D eigenvalue weighted by Gasteiger charge is -2.38. The number of nitrogens with zero attached hydrogens (tertiary/aromatic N) is 1. The van der Waals surface area contributed by atoms with E-state index >= 15 is 0 Å². The molecule has 1 atom stereocenters. The normalized spacial score (nSPS) is 21.8. The number of benzene rings is 1. The molecule has 1 aromatic rings. The molecule has 2 N–H and O–H groups in total. The summed E-state index contributed by atoms with van der Waals surface area (Å²) in [6, 6.07) is 6.29. The number of halogens is 1. The van der Waals surface area contributed by atoms with E-state index in [4.69, 9.17) is 23.7 Å². The summed E-state index contributed by atoms with van der Waals surface area (Å²) < 4.78 is 27.9. The van der Waals surface area contributed by atoms with Crippen LogP contribution in [0.1, 0.15) is 31.2 Å². The van der Waals surface area contributed by atoms with Crippen LogP contribution in [0, 0.1) is 5.92 Å². The first-order chi connectivity index (χ1) is 15.3. The molecule has 3 aliphatic rings. The first-order valence-corrected chi connectivity index (χ1v) is 11.4. The molecule has 2 saturated heterocycles. The van der Waals surface area contributed by atoms with Crippen molar-refractivity contribution in [2.45, 2.75) is 31.1 Å². The molecular formula is C23H36IN3O5. The van der Waals surface area contributed by atoms with Gasteiger partial charge < -0.3 is 34.3 Å². The molecule has 32 heavy (non-hydrogen) atoms. The van der Waals surface area contributed by atoms with E-state index < -0.39 is 0 Å². The molecule has 0 aliphatic carbocycles. The molecule has 0 saturated carbocycles. The minimum Gasteiger partial charge on any atom is -0.454 e. The Morgan fingerprint density at radius 2 is 1.97 bits per heavy atom. The molecule has 0 amide bonds. The highest BCUT2D eigenvalue weighted by atomic mass is 127. The van der Waals surface area contributed by atoms with E-state index in [2.05, 4.69) is 27.8 Å². The van der Waals surface area contributed by atoms with Gasteiger partial charge in [0.05, 0.1) is 13.2 Å². The Morgan fingerprint density at radius 1 is 1.12 bits per heavy atom. The second-order valence-corrected chi connectivity index (χ2v) is 8.47. The molecule has 0 aromatic heterocycles. The van der Waals surface area contributed by atoms with Crippen LogP contribution in [0.4, 0.5) is 0 Å². The first kappa shape index (κ1) is 25.3. The monoisotopic (exact) mass is 561 g/mol. The summed E-state index contributed by atoms with van der Waals surface area (Å²) in [5.41, 5.74) is 1.23. The van der Waals surface area contributed by atoms with E-state index in [0.717, 1.165) is 95.9 Å². The van der Waals surface area contributed by atoms with Gasteiger partial charge >= 0.3 is 0 Å². The van der Waals surface area contributed by atoms with Gasteiger partial charge in [-0.2, -0.15) is 0 Å². The van der Waals surface area contributed by atoms with Gasteiger partial charge in [0, 0.05) is 57.9 Å². The van der Waals surface area contributed by atoms with Gasteiger partial charge in [-0.1, -0.05) is 6.07 Å². The smallest absolute Gasteiger partial charge is 0.231 e. The third kappa shape index (κ3) is 6.61. The van der Waals surface area contributed by atoms with Crippen molar-refractivity contribution in [1.82, 2.24) is 10.6 Å². The number of ether oxygens (including phenoxy) is 5. The van der Waals surface area contributed by atoms with E-state index in [-0.39, 0.29) is 29.4 Å². The van der Waals surface area contributed by atoms with Gasteiger partial charge in [0.1, 0.15) is 0 Å². The van der Waals surface area contributed by atoms with E-state index in [1.165, 1.54) is 5.56 Å². The summed E-state index contributed by atoms with van der Waals surface area (Å²) in [5.74, 6) is 3.03. The van der Waals surface area contributed by atoms with Crippen molar-refractivity contribution in [3.8, 4) is 11.5 Å². The Kier molecular flexibility index (Phi) is 10.1. The Hall–Kier alpha value is -1.30. The van der Waals surface area contributed by atoms with Gasteiger partial charge in [-0.3, -0.25) is 4.99 Å². The first-order valence-electron chi connectivity index (χ1n) is 11.4. The van der Waals surface area contributed by atoms with Crippen LogP contribution in [0.25, 0.3) is 0 Å². The SMILES string of the molecule is CN=C(NCCCOCC1CCOC1)NCC1(c2ccc3c(c2)OCO3)CCOCC1.I. The summed E-state index contributed by atoms with van der Waals surface area (Å²) in [6.45, 7) is 6.67. The van der Waals surface area contributed by atoms with Crippen LogP contribution in [0.15, 0.2) is 23.2 Å². The number of hydrogen-bond acceptors (Lipinski definition) is 6. The van der Waals surface area contributed by atoms with Crippen LogP contribution in [-0.4, -0.2) is 72.5 Å². The molecule has 2 fully saturated rings. The molecule has 0 bridgehead atoms.